The van der Waals surface area contributed by atoms with Crippen molar-refractivity contribution in [1.82, 2.24) is 10.3 Å². The molecule has 4 nitrogen and oxygen atoms in total. The summed E-state index contributed by atoms with van der Waals surface area (Å²) in [5.74, 6) is 0.309. The minimum atomic E-state index is -4.38. The molecule has 0 aliphatic rings. The Kier molecular flexibility index (Phi) is 6.22. The van der Waals surface area contributed by atoms with Crippen LogP contribution < -0.4 is 10.1 Å². The SMILES string of the molecule is CC(C)NC(=O)c1csc(-c2ccc(OCc3cccc(C(F)(F)F)c3)cc2)n1. The molecule has 0 unspecified atom stereocenters. The van der Waals surface area contributed by atoms with Crippen molar-refractivity contribution in [2.45, 2.75) is 32.7 Å². The number of nitrogens with zero attached hydrogens (tertiary/aromatic N) is 1. The topological polar surface area (TPSA) is 51.2 Å². The number of thiazole rings is 1. The Morgan fingerprint density at radius 2 is 1.90 bits per heavy atom. The summed E-state index contributed by atoms with van der Waals surface area (Å²) in [7, 11) is 0. The van der Waals surface area contributed by atoms with Gasteiger partial charge < -0.3 is 10.1 Å². The van der Waals surface area contributed by atoms with E-state index in [0.717, 1.165) is 17.7 Å². The Morgan fingerprint density at radius 3 is 2.55 bits per heavy atom. The molecule has 3 aromatic rings. The maximum atomic E-state index is 12.8. The quantitative estimate of drug-likeness (QED) is 0.569. The van der Waals surface area contributed by atoms with E-state index < -0.39 is 11.7 Å². The molecule has 0 aliphatic heterocycles. The van der Waals surface area contributed by atoms with Crippen LogP contribution in [0, 0.1) is 0 Å². The minimum absolute atomic E-state index is 0.0278. The van der Waals surface area contributed by atoms with Crippen molar-refractivity contribution >= 4 is 17.2 Å². The first-order chi connectivity index (χ1) is 13.7. The highest BCUT2D eigenvalue weighted by atomic mass is 32.1. The number of carbonyl (C=O) groups is 1. The molecule has 1 amide bonds. The summed E-state index contributed by atoms with van der Waals surface area (Å²) in [5, 5.41) is 5.19. The first kappa shape index (κ1) is 20.9. The van der Waals surface area contributed by atoms with Crippen LogP contribution in [-0.2, 0) is 12.8 Å². The largest absolute Gasteiger partial charge is 0.489 e. The molecule has 3 rings (SSSR count). The number of benzene rings is 2. The standard InChI is InChI=1S/C21H19F3N2O2S/c1-13(2)25-19(27)18-12-29-20(26-18)15-6-8-17(9-7-15)28-11-14-4-3-5-16(10-14)21(22,23)24/h3-10,12-13H,11H2,1-2H3,(H,25,27). The lowest BCUT2D eigenvalue weighted by Crippen LogP contribution is -2.30. The first-order valence-corrected chi connectivity index (χ1v) is 9.76. The normalized spacial score (nSPS) is 11.5. The van der Waals surface area contributed by atoms with Crippen molar-refractivity contribution in [3.05, 3.63) is 70.7 Å². The summed E-state index contributed by atoms with van der Waals surface area (Å²) in [5.41, 5.74) is 0.924. The van der Waals surface area contributed by atoms with Crippen LogP contribution in [0.5, 0.6) is 5.75 Å². The zero-order valence-electron chi connectivity index (χ0n) is 15.8. The molecular formula is C21H19F3N2O2S. The zero-order valence-corrected chi connectivity index (χ0v) is 16.6. The van der Waals surface area contributed by atoms with Crippen molar-refractivity contribution < 1.29 is 22.7 Å². The van der Waals surface area contributed by atoms with E-state index >= 15 is 0 Å². The van der Waals surface area contributed by atoms with Gasteiger partial charge in [0.2, 0.25) is 0 Å². The average molecular weight is 420 g/mol. The van der Waals surface area contributed by atoms with Gasteiger partial charge in [-0.1, -0.05) is 12.1 Å². The van der Waals surface area contributed by atoms with Crippen molar-refractivity contribution in [2.75, 3.05) is 0 Å². The molecular weight excluding hydrogens is 401 g/mol. The van der Waals surface area contributed by atoms with Crippen molar-refractivity contribution in [3.63, 3.8) is 0 Å². The van der Waals surface area contributed by atoms with E-state index in [4.69, 9.17) is 4.74 Å². The van der Waals surface area contributed by atoms with E-state index in [1.54, 1.807) is 35.7 Å². The number of aromatic nitrogens is 1. The summed E-state index contributed by atoms with van der Waals surface area (Å²) in [6, 6.07) is 12.1. The molecule has 0 saturated carbocycles. The highest BCUT2D eigenvalue weighted by Gasteiger charge is 2.30. The van der Waals surface area contributed by atoms with E-state index in [2.05, 4.69) is 10.3 Å². The van der Waals surface area contributed by atoms with Gasteiger partial charge in [0.25, 0.3) is 5.91 Å². The monoisotopic (exact) mass is 420 g/mol. The zero-order chi connectivity index (χ0) is 21.0. The van der Waals surface area contributed by atoms with Gasteiger partial charge in [-0.25, -0.2) is 4.98 Å². The number of alkyl halides is 3. The summed E-state index contributed by atoms with van der Waals surface area (Å²) in [6.45, 7) is 3.78. The van der Waals surface area contributed by atoms with Crippen LogP contribution >= 0.6 is 11.3 Å². The van der Waals surface area contributed by atoms with Gasteiger partial charge in [-0.2, -0.15) is 13.2 Å². The molecule has 29 heavy (non-hydrogen) atoms. The summed E-state index contributed by atoms with van der Waals surface area (Å²) in [4.78, 5) is 16.4. The summed E-state index contributed by atoms with van der Waals surface area (Å²) >= 11 is 1.36. The van der Waals surface area contributed by atoms with Crippen molar-refractivity contribution in [3.8, 4) is 16.3 Å². The number of halogens is 3. The Bertz CT molecular complexity index is 982. The predicted molar refractivity (Wildman–Crippen MR) is 106 cm³/mol. The number of ether oxygens (including phenoxy) is 1. The van der Waals surface area contributed by atoms with E-state index in [0.29, 0.717) is 22.0 Å². The van der Waals surface area contributed by atoms with Crippen LogP contribution in [0.4, 0.5) is 13.2 Å². The second-order valence-corrected chi connectivity index (χ2v) is 7.54. The van der Waals surface area contributed by atoms with Crippen LogP contribution in [0.1, 0.15) is 35.5 Å². The number of nitrogens with one attached hydrogen (secondary N) is 1. The Hall–Kier alpha value is -2.87. The van der Waals surface area contributed by atoms with E-state index in [-0.39, 0.29) is 18.6 Å². The molecule has 0 saturated heterocycles. The van der Waals surface area contributed by atoms with Crippen LogP contribution in [-0.4, -0.2) is 16.9 Å². The second kappa shape index (κ2) is 8.65. The lowest BCUT2D eigenvalue weighted by molar-refractivity contribution is -0.137. The lowest BCUT2D eigenvalue weighted by atomic mass is 10.1. The van der Waals surface area contributed by atoms with Gasteiger partial charge in [0, 0.05) is 17.0 Å². The van der Waals surface area contributed by atoms with Gasteiger partial charge in [-0.05, 0) is 55.8 Å². The van der Waals surface area contributed by atoms with E-state index in [9.17, 15) is 18.0 Å². The van der Waals surface area contributed by atoms with Gasteiger partial charge in [-0.3, -0.25) is 4.79 Å². The summed E-state index contributed by atoms with van der Waals surface area (Å²) in [6.07, 6.45) is -4.38. The average Bonchev–Trinajstić information content (AvgIpc) is 3.16. The van der Waals surface area contributed by atoms with E-state index in [1.807, 2.05) is 13.8 Å². The highest BCUT2D eigenvalue weighted by Crippen LogP contribution is 2.30. The van der Waals surface area contributed by atoms with Gasteiger partial charge in [0.1, 0.15) is 23.1 Å². The fraction of sp³-hybridized carbons (Fsp3) is 0.238. The van der Waals surface area contributed by atoms with Crippen LogP contribution in [0.25, 0.3) is 10.6 Å². The molecule has 0 radical (unpaired) electrons. The fourth-order valence-electron chi connectivity index (χ4n) is 2.54. The molecule has 1 aromatic heterocycles. The third-order valence-corrected chi connectivity index (χ3v) is 4.81. The van der Waals surface area contributed by atoms with Crippen LogP contribution in [0.2, 0.25) is 0 Å². The summed E-state index contributed by atoms with van der Waals surface area (Å²) < 4.78 is 43.9. The van der Waals surface area contributed by atoms with E-state index in [1.165, 1.54) is 17.4 Å². The van der Waals surface area contributed by atoms with Crippen molar-refractivity contribution in [2.24, 2.45) is 0 Å². The second-order valence-electron chi connectivity index (χ2n) is 6.68. The van der Waals surface area contributed by atoms with Crippen LogP contribution in [0.15, 0.2) is 53.9 Å². The third kappa shape index (κ3) is 5.57. The maximum absolute atomic E-state index is 12.8. The molecule has 2 aromatic carbocycles. The molecule has 152 valence electrons. The van der Waals surface area contributed by atoms with Crippen LogP contribution in [0.3, 0.4) is 0 Å². The Morgan fingerprint density at radius 1 is 1.17 bits per heavy atom. The van der Waals surface area contributed by atoms with Gasteiger partial charge >= 0.3 is 6.18 Å². The van der Waals surface area contributed by atoms with Gasteiger partial charge in [0.15, 0.2) is 0 Å². The third-order valence-electron chi connectivity index (χ3n) is 3.92. The molecule has 0 spiro atoms. The molecule has 1 N–H and O–H groups in total. The number of hydrogen-bond acceptors (Lipinski definition) is 4. The van der Waals surface area contributed by atoms with Crippen molar-refractivity contribution in [1.29, 1.82) is 0 Å². The minimum Gasteiger partial charge on any atom is -0.489 e. The molecule has 0 bridgehead atoms. The first-order valence-electron chi connectivity index (χ1n) is 8.88. The predicted octanol–water partition coefficient (Wildman–Crippen LogP) is 5.55. The fourth-order valence-corrected chi connectivity index (χ4v) is 3.35. The number of hydrogen-bond donors (Lipinski definition) is 1. The van der Waals surface area contributed by atoms with Gasteiger partial charge in [0.05, 0.1) is 5.56 Å². The molecule has 8 heteroatoms. The smallest absolute Gasteiger partial charge is 0.416 e. The Balaban J connectivity index is 1.64. The molecule has 1 heterocycles. The lowest BCUT2D eigenvalue weighted by Gasteiger charge is -2.10. The maximum Gasteiger partial charge on any atom is 0.416 e. The molecule has 0 aliphatic carbocycles. The number of rotatable bonds is 6. The number of amides is 1. The van der Waals surface area contributed by atoms with Gasteiger partial charge in [-0.15, -0.1) is 11.3 Å². The Labute approximate surface area is 170 Å². The molecule has 0 fully saturated rings. The number of carbonyl (C=O) groups excluding carboxylic acids is 1. The highest BCUT2D eigenvalue weighted by molar-refractivity contribution is 7.13. The molecule has 0 atom stereocenters.